The van der Waals surface area contributed by atoms with Crippen molar-refractivity contribution in [3.63, 3.8) is 0 Å². The monoisotopic (exact) mass is 176 g/mol. The molecule has 0 amide bonds. The van der Waals surface area contributed by atoms with Crippen LogP contribution in [0.4, 0.5) is 4.39 Å². The number of halogens is 1. The maximum Gasteiger partial charge on any atom is 0.132 e. The Bertz CT molecular complexity index is 352. The highest BCUT2D eigenvalue weighted by atomic mass is 19.1. The minimum atomic E-state index is -0.226. The van der Waals surface area contributed by atoms with Gasteiger partial charge >= 0.3 is 0 Å². The summed E-state index contributed by atoms with van der Waals surface area (Å²) in [5.74, 6) is 0.568. The Hall–Kier alpha value is -1.64. The first kappa shape index (κ1) is 7.98. The first-order valence-corrected chi connectivity index (χ1v) is 4.08. The summed E-state index contributed by atoms with van der Waals surface area (Å²) in [6.45, 7) is 0.680. The lowest BCUT2D eigenvalue weighted by molar-refractivity contribution is 0.627. The molecule has 0 unspecified atom stereocenters. The molecule has 1 aliphatic heterocycles. The highest BCUT2D eigenvalue weighted by molar-refractivity contribution is 5.99. The van der Waals surface area contributed by atoms with E-state index in [2.05, 4.69) is 10.3 Å². The van der Waals surface area contributed by atoms with Crippen molar-refractivity contribution in [3.05, 3.63) is 47.9 Å². The van der Waals surface area contributed by atoms with E-state index in [9.17, 15) is 4.39 Å². The van der Waals surface area contributed by atoms with Crippen molar-refractivity contribution in [2.75, 3.05) is 6.54 Å². The van der Waals surface area contributed by atoms with Crippen LogP contribution in [0.25, 0.3) is 0 Å². The third-order valence-corrected chi connectivity index (χ3v) is 1.81. The van der Waals surface area contributed by atoms with E-state index in [0.29, 0.717) is 6.54 Å². The molecule has 1 aromatic carbocycles. The standard InChI is InChI=1S/C10H9FN2/c11-9-4-2-8(3-5-9)10-12-6-1-7-13-10/h1-6H,7H2,(H,12,13). The van der Waals surface area contributed by atoms with Crippen molar-refractivity contribution in [1.29, 1.82) is 0 Å². The predicted octanol–water partition coefficient (Wildman–Crippen LogP) is 1.69. The van der Waals surface area contributed by atoms with Gasteiger partial charge in [0.05, 0.1) is 6.54 Å². The molecule has 2 rings (SSSR count). The maximum absolute atomic E-state index is 12.6. The van der Waals surface area contributed by atoms with E-state index in [1.807, 2.05) is 12.3 Å². The molecule has 0 aliphatic carbocycles. The number of hydrogen-bond acceptors (Lipinski definition) is 2. The van der Waals surface area contributed by atoms with E-state index in [1.54, 1.807) is 12.1 Å². The van der Waals surface area contributed by atoms with Crippen LogP contribution in [0.5, 0.6) is 0 Å². The molecule has 66 valence electrons. The van der Waals surface area contributed by atoms with Crippen LogP contribution in [-0.4, -0.2) is 12.4 Å². The van der Waals surface area contributed by atoms with Gasteiger partial charge in [-0.1, -0.05) is 0 Å². The molecule has 2 nitrogen and oxygen atoms in total. The van der Waals surface area contributed by atoms with Crippen LogP contribution in [0.3, 0.4) is 0 Å². The van der Waals surface area contributed by atoms with Crippen molar-refractivity contribution in [2.24, 2.45) is 4.99 Å². The van der Waals surface area contributed by atoms with Crippen molar-refractivity contribution < 1.29 is 4.39 Å². The van der Waals surface area contributed by atoms with Crippen molar-refractivity contribution in [2.45, 2.75) is 0 Å². The molecule has 1 aromatic rings. The molecule has 1 aliphatic rings. The molecule has 0 radical (unpaired) electrons. The van der Waals surface area contributed by atoms with Crippen LogP contribution in [0.1, 0.15) is 5.56 Å². The second-order valence-electron chi connectivity index (χ2n) is 2.74. The number of nitrogens with zero attached hydrogens (tertiary/aromatic N) is 1. The van der Waals surface area contributed by atoms with Gasteiger partial charge in [-0.15, -0.1) is 0 Å². The quantitative estimate of drug-likeness (QED) is 0.691. The smallest absolute Gasteiger partial charge is 0.132 e. The van der Waals surface area contributed by atoms with Crippen molar-refractivity contribution in [1.82, 2.24) is 5.32 Å². The van der Waals surface area contributed by atoms with Gasteiger partial charge in [0.2, 0.25) is 0 Å². The lowest BCUT2D eigenvalue weighted by Gasteiger charge is -2.09. The normalized spacial score (nSPS) is 15.0. The van der Waals surface area contributed by atoms with Crippen molar-refractivity contribution >= 4 is 5.84 Å². The van der Waals surface area contributed by atoms with E-state index < -0.39 is 0 Å². The lowest BCUT2D eigenvalue weighted by Crippen LogP contribution is -2.21. The molecule has 1 N–H and O–H groups in total. The molecule has 3 heteroatoms. The number of benzene rings is 1. The maximum atomic E-state index is 12.6. The van der Waals surface area contributed by atoms with Crippen molar-refractivity contribution in [3.8, 4) is 0 Å². The van der Waals surface area contributed by atoms with E-state index in [1.165, 1.54) is 12.1 Å². The largest absolute Gasteiger partial charge is 0.347 e. The SMILES string of the molecule is Fc1ccc(C2=NCC=CN2)cc1. The molecule has 1 heterocycles. The molecule has 0 atom stereocenters. The lowest BCUT2D eigenvalue weighted by atomic mass is 10.2. The summed E-state index contributed by atoms with van der Waals surface area (Å²) in [5.41, 5.74) is 0.908. The second kappa shape index (κ2) is 3.39. The van der Waals surface area contributed by atoms with Gasteiger partial charge in [0.25, 0.3) is 0 Å². The van der Waals surface area contributed by atoms with Gasteiger partial charge in [-0.05, 0) is 30.3 Å². The van der Waals surface area contributed by atoms with Crippen LogP contribution in [0, 0.1) is 5.82 Å². The zero-order valence-corrected chi connectivity index (χ0v) is 7.00. The van der Waals surface area contributed by atoms with Gasteiger partial charge in [-0.3, -0.25) is 4.99 Å². The van der Waals surface area contributed by atoms with Gasteiger partial charge in [0.15, 0.2) is 0 Å². The molecule has 0 bridgehead atoms. The molecule has 0 aromatic heterocycles. The first-order valence-electron chi connectivity index (χ1n) is 4.08. The van der Waals surface area contributed by atoms with Gasteiger partial charge < -0.3 is 5.32 Å². The number of hydrogen-bond donors (Lipinski definition) is 1. The molecule has 0 fully saturated rings. The Balaban J connectivity index is 2.25. The molecule has 13 heavy (non-hydrogen) atoms. The van der Waals surface area contributed by atoms with E-state index in [-0.39, 0.29) is 5.82 Å². The summed E-state index contributed by atoms with van der Waals surface area (Å²) < 4.78 is 12.6. The average Bonchev–Trinajstić information content (AvgIpc) is 2.20. The minimum absolute atomic E-state index is 0.226. The third kappa shape index (κ3) is 1.75. The summed E-state index contributed by atoms with van der Waals surface area (Å²) in [5, 5.41) is 3.00. The van der Waals surface area contributed by atoms with Crippen LogP contribution in [0.15, 0.2) is 41.5 Å². The molecule has 0 saturated carbocycles. The summed E-state index contributed by atoms with van der Waals surface area (Å²) in [6, 6.07) is 6.27. The Morgan fingerprint density at radius 2 is 2.00 bits per heavy atom. The summed E-state index contributed by atoms with van der Waals surface area (Å²) in [4.78, 5) is 4.23. The second-order valence-corrected chi connectivity index (χ2v) is 2.74. The van der Waals surface area contributed by atoms with Crippen LogP contribution >= 0.6 is 0 Å². The fourth-order valence-corrected chi connectivity index (χ4v) is 1.16. The zero-order chi connectivity index (χ0) is 9.10. The summed E-state index contributed by atoms with van der Waals surface area (Å²) >= 11 is 0. The Labute approximate surface area is 75.8 Å². The topological polar surface area (TPSA) is 24.4 Å². The minimum Gasteiger partial charge on any atom is -0.347 e. The van der Waals surface area contributed by atoms with Gasteiger partial charge in [-0.2, -0.15) is 0 Å². The molecular formula is C10H9FN2. The van der Waals surface area contributed by atoms with Gasteiger partial charge in [0.1, 0.15) is 11.7 Å². The fraction of sp³-hybridized carbons (Fsp3) is 0.100. The van der Waals surface area contributed by atoms with Gasteiger partial charge in [-0.25, -0.2) is 4.39 Å². The zero-order valence-electron chi connectivity index (χ0n) is 7.00. The number of rotatable bonds is 1. The Kier molecular flexibility index (Phi) is 2.08. The van der Waals surface area contributed by atoms with Crippen LogP contribution < -0.4 is 5.32 Å². The summed E-state index contributed by atoms with van der Waals surface area (Å²) in [7, 11) is 0. The Morgan fingerprint density at radius 1 is 1.23 bits per heavy atom. The summed E-state index contributed by atoms with van der Waals surface area (Å²) in [6.07, 6.45) is 3.76. The Morgan fingerprint density at radius 3 is 2.62 bits per heavy atom. The first-order chi connectivity index (χ1) is 6.36. The third-order valence-electron chi connectivity index (χ3n) is 1.81. The van der Waals surface area contributed by atoms with E-state index in [4.69, 9.17) is 0 Å². The predicted molar refractivity (Wildman–Crippen MR) is 50.1 cm³/mol. The van der Waals surface area contributed by atoms with Crippen LogP contribution in [-0.2, 0) is 0 Å². The molecular weight excluding hydrogens is 167 g/mol. The average molecular weight is 176 g/mol. The number of nitrogens with one attached hydrogen (secondary N) is 1. The molecule has 0 saturated heterocycles. The van der Waals surface area contributed by atoms with Crippen LogP contribution in [0.2, 0.25) is 0 Å². The highest BCUT2D eigenvalue weighted by Crippen LogP contribution is 2.04. The highest BCUT2D eigenvalue weighted by Gasteiger charge is 2.02. The number of amidine groups is 1. The fourth-order valence-electron chi connectivity index (χ4n) is 1.16. The van der Waals surface area contributed by atoms with Gasteiger partial charge in [0, 0.05) is 11.8 Å². The van der Waals surface area contributed by atoms with E-state index in [0.717, 1.165) is 11.4 Å². The number of aliphatic imine (C=N–C) groups is 1. The van der Waals surface area contributed by atoms with E-state index >= 15 is 0 Å². The molecule has 0 spiro atoms.